The predicted octanol–water partition coefficient (Wildman–Crippen LogP) is 3.73. The summed E-state index contributed by atoms with van der Waals surface area (Å²) in [6.45, 7) is 0.858. The molecule has 0 atom stereocenters. The molecule has 6 heteroatoms. The zero-order chi connectivity index (χ0) is 16.9. The van der Waals surface area contributed by atoms with Crippen LogP contribution in [0.1, 0.15) is 5.56 Å². The number of fused-ring (bicyclic) bond motifs is 1. The number of H-pyrrole nitrogens is 1. The summed E-state index contributed by atoms with van der Waals surface area (Å²) < 4.78 is 13.1. The number of carbonyl (C=O) groups is 1. The standard InChI is InChI=1S/C18H17ClFN3O/c19-15-9-13(5-6-16(15)20)23-18(24)11-21-8-7-12-10-22-17-4-2-1-3-14(12)17/h1-6,9-10,21-22H,7-8,11H2,(H,23,24). The number of aromatic amines is 1. The van der Waals surface area contributed by atoms with Crippen LogP contribution in [0.3, 0.4) is 0 Å². The number of hydrogen-bond donors (Lipinski definition) is 3. The molecular formula is C18H17ClFN3O. The van der Waals surface area contributed by atoms with Crippen LogP contribution in [0.2, 0.25) is 5.02 Å². The van der Waals surface area contributed by atoms with Gasteiger partial charge in [0.15, 0.2) is 0 Å². The average Bonchev–Trinajstić information content (AvgIpc) is 2.98. The van der Waals surface area contributed by atoms with Gasteiger partial charge < -0.3 is 15.6 Å². The van der Waals surface area contributed by atoms with Crippen LogP contribution in [0.15, 0.2) is 48.7 Å². The van der Waals surface area contributed by atoms with Crippen molar-refractivity contribution in [3.63, 3.8) is 0 Å². The van der Waals surface area contributed by atoms with Gasteiger partial charge in [0.05, 0.1) is 11.6 Å². The largest absolute Gasteiger partial charge is 0.361 e. The van der Waals surface area contributed by atoms with Crippen LogP contribution in [0.25, 0.3) is 10.9 Å². The summed E-state index contributed by atoms with van der Waals surface area (Å²) in [4.78, 5) is 15.1. The Bertz CT molecular complexity index is 862. The zero-order valence-corrected chi connectivity index (χ0v) is 13.7. The van der Waals surface area contributed by atoms with Crippen LogP contribution in [0.5, 0.6) is 0 Å². The van der Waals surface area contributed by atoms with Crippen LogP contribution < -0.4 is 10.6 Å². The minimum Gasteiger partial charge on any atom is -0.361 e. The number of nitrogens with one attached hydrogen (secondary N) is 3. The maximum atomic E-state index is 13.1. The summed E-state index contributed by atoms with van der Waals surface area (Å²) in [6.07, 6.45) is 2.81. The molecule has 4 nitrogen and oxygen atoms in total. The number of carbonyl (C=O) groups excluding carboxylic acids is 1. The first-order valence-electron chi connectivity index (χ1n) is 7.64. The molecule has 0 saturated heterocycles. The fourth-order valence-corrected chi connectivity index (χ4v) is 2.72. The molecule has 0 unspecified atom stereocenters. The SMILES string of the molecule is O=C(CNCCc1c[nH]c2ccccc12)Nc1ccc(F)c(Cl)c1. The van der Waals surface area contributed by atoms with Gasteiger partial charge in [-0.1, -0.05) is 29.8 Å². The van der Waals surface area contributed by atoms with E-state index in [1.165, 1.54) is 29.1 Å². The van der Waals surface area contributed by atoms with Crippen molar-refractivity contribution in [2.75, 3.05) is 18.4 Å². The molecule has 0 spiro atoms. The topological polar surface area (TPSA) is 56.9 Å². The fourth-order valence-electron chi connectivity index (χ4n) is 2.54. The Morgan fingerprint density at radius 3 is 2.88 bits per heavy atom. The highest BCUT2D eigenvalue weighted by atomic mass is 35.5. The van der Waals surface area contributed by atoms with Crippen molar-refractivity contribution in [1.82, 2.24) is 10.3 Å². The summed E-state index contributed by atoms with van der Waals surface area (Å²) in [5.41, 5.74) is 2.80. The van der Waals surface area contributed by atoms with E-state index in [2.05, 4.69) is 21.7 Å². The van der Waals surface area contributed by atoms with E-state index in [9.17, 15) is 9.18 Å². The highest BCUT2D eigenvalue weighted by Gasteiger charge is 2.06. The fraction of sp³-hybridized carbons (Fsp3) is 0.167. The zero-order valence-electron chi connectivity index (χ0n) is 12.9. The lowest BCUT2D eigenvalue weighted by molar-refractivity contribution is -0.115. The van der Waals surface area contributed by atoms with Gasteiger partial charge in [-0.15, -0.1) is 0 Å². The Balaban J connectivity index is 1.46. The van der Waals surface area contributed by atoms with Gasteiger partial charge in [-0.05, 0) is 42.8 Å². The Morgan fingerprint density at radius 2 is 2.04 bits per heavy atom. The summed E-state index contributed by atoms with van der Waals surface area (Å²) in [6, 6.07) is 12.2. The molecule has 3 rings (SSSR count). The predicted molar refractivity (Wildman–Crippen MR) is 94.9 cm³/mol. The second kappa shape index (κ2) is 7.47. The molecule has 0 aliphatic heterocycles. The van der Waals surface area contributed by atoms with Gasteiger partial charge in [-0.2, -0.15) is 0 Å². The maximum Gasteiger partial charge on any atom is 0.238 e. The average molecular weight is 346 g/mol. The van der Waals surface area contributed by atoms with Crippen LogP contribution in [0, 0.1) is 5.82 Å². The van der Waals surface area contributed by atoms with Crippen molar-refractivity contribution in [2.45, 2.75) is 6.42 Å². The summed E-state index contributed by atoms with van der Waals surface area (Å²) >= 11 is 5.68. The molecule has 0 aliphatic carbocycles. The van der Waals surface area contributed by atoms with Crippen molar-refractivity contribution >= 4 is 34.1 Å². The second-order valence-electron chi connectivity index (χ2n) is 5.46. The molecule has 3 N–H and O–H groups in total. The van der Waals surface area contributed by atoms with E-state index in [4.69, 9.17) is 11.6 Å². The Hall–Kier alpha value is -2.37. The first-order valence-corrected chi connectivity index (χ1v) is 8.02. The summed E-state index contributed by atoms with van der Waals surface area (Å²) in [5.74, 6) is -0.705. The second-order valence-corrected chi connectivity index (χ2v) is 5.87. The van der Waals surface area contributed by atoms with Gasteiger partial charge >= 0.3 is 0 Å². The highest BCUT2D eigenvalue weighted by Crippen LogP contribution is 2.19. The first-order chi connectivity index (χ1) is 11.6. The number of amides is 1. The monoisotopic (exact) mass is 345 g/mol. The molecule has 0 fully saturated rings. The molecule has 0 radical (unpaired) electrons. The van der Waals surface area contributed by atoms with Crippen LogP contribution in [-0.4, -0.2) is 24.0 Å². The summed E-state index contributed by atoms with van der Waals surface area (Å²) in [7, 11) is 0. The minimum absolute atomic E-state index is 0.0138. The molecule has 0 bridgehead atoms. The van der Waals surface area contributed by atoms with E-state index < -0.39 is 5.82 Å². The van der Waals surface area contributed by atoms with Gasteiger partial charge in [0.25, 0.3) is 0 Å². The number of aromatic nitrogens is 1. The van der Waals surface area contributed by atoms with Gasteiger partial charge in [0.1, 0.15) is 5.82 Å². The number of benzene rings is 2. The van der Waals surface area contributed by atoms with E-state index in [1.54, 1.807) is 0 Å². The maximum absolute atomic E-state index is 13.1. The third kappa shape index (κ3) is 3.93. The minimum atomic E-state index is -0.508. The molecule has 1 aromatic heterocycles. The van der Waals surface area contributed by atoms with Crippen molar-refractivity contribution in [1.29, 1.82) is 0 Å². The lowest BCUT2D eigenvalue weighted by Crippen LogP contribution is -2.29. The van der Waals surface area contributed by atoms with Gasteiger partial charge in [0.2, 0.25) is 5.91 Å². The number of anilines is 1. The Morgan fingerprint density at radius 1 is 1.21 bits per heavy atom. The molecular weight excluding hydrogens is 329 g/mol. The van der Waals surface area contributed by atoms with E-state index in [-0.39, 0.29) is 17.5 Å². The normalized spacial score (nSPS) is 10.9. The molecule has 0 saturated carbocycles. The van der Waals surface area contributed by atoms with E-state index in [0.29, 0.717) is 12.2 Å². The Labute approximate surface area is 144 Å². The molecule has 124 valence electrons. The van der Waals surface area contributed by atoms with Crippen LogP contribution >= 0.6 is 11.6 Å². The van der Waals surface area contributed by atoms with Gasteiger partial charge in [0, 0.05) is 22.8 Å². The van der Waals surface area contributed by atoms with Crippen molar-refractivity contribution in [3.05, 3.63) is 65.1 Å². The molecule has 1 heterocycles. The number of rotatable bonds is 6. The smallest absolute Gasteiger partial charge is 0.238 e. The number of para-hydroxylation sites is 1. The third-order valence-corrected chi connectivity index (χ3v) is 4.02. The van der Waals surface area contributed by atoms with Crippen LogP contribution in [-0.2, 0) is 11.2 Å². The lowest BCUT2D eigenvalue weighted by atomic mass is 10.1. The van der Waals surface area contributed by atoms with E-state index in [1.807, 2.05) is 24.4 Å². The lowest BCUT2D eigenvalue weighted by Gasteiger charge is -2.07. The Kier molecular flexibility index (Phi) is 5.13. The van der Waals surface area contributed by atoms with Crippen LogP contribution in [0.4, 0.5) is 10.1 Å². The third-order valence-electron chi connectivity index (χ3n) is 3.73. The van der Waals surface area contributed by atoms with Crippen molar-refractivity contribution in [2.24, 2.45) is 0 Å². The first kappa shape index (κ1) is 16.5. The number of hydrogen-bond acceptors (Lipinski definition) is 2. The molecule has 2 aromatic carbocycles. The van der Waals surface area contributed by atoms with E-state index in [0.717, 1.165) is 11.9 Å². The highest BCUT2D eigenvalue weighted by molar-refractivity contribution is 6.31. The number of halogens is 2. The van der Waals surface area contributed by atoms with Crippen molar-refractivity contribution in [3.8, 4) is 0 Å². The molecule has 1 amide bonds. The van der Waals surface area contributed by atoms with Gasteiger partial charge in [-0.25, -0.2) is 4.39 Å². The van der Waals surface area contributed by atoms with Gasteiger partial charge in [-0.3, -0.25) is 4.79 Å². The molecule has 3 aromatic rings. The van der Waals surface area contributed by atoms with E-state index >= 15 is 0 Å². The van der Waals surface area contributed by atoms with Crippen molar-refractivity contribution < 1.29 is 9.18 Å². The molecule has 0 aliphatic rings. The molecule has 24 heavy (non-hydrogen) atoms. The quantitative estimate of drug-likeness (QED) is 0.596. The summed E-state index contributed by atoms with van der Waals surface area (Å²) in [5, 5.41) is 6.96.